The molecule has 0 bridgehead atoms. The van der Waals surface area contributed by atoms with Gasteiger partial charge in [-0.3, -0.25) is 14.5 Å². The molecule has 0 aromatic carbocycles. The van der Waals surface area contributed by atoms with Crippen molar-refractivity contribution in [3.8, 4) is 0 Å². The summed E-state index contributed by atoms with van der Waals surface area (Å²) in [7, 11) is 0. The Balaban J connectivity index is 1.90. The summed E-state index contributed by atoms with van der Waals surface area (Å²) in [4.78, 5) is 27.9. The van der Waals surface area contributed by atoms with Gasteiger partial charge in [0.2, 0.25) is 11.8 Å². The van der Waals surface area contributed by atoms with E-state index in [9.17, 15) is 22.8 Å². The van der Waals surface area contributed by atoms with Crippen LogP contribution >= 0.6 is 11.6 Å². The Morgan fingerprint density at radius 3 is 2.50 bits per heavy atom. The van der Waals surface area contributed by atoms with Gasteiger partial charge < -0.3 is 10.6 Å². The van der Waals surface area contributed by atoms with Crippen molar-refractivity contribution in [1.82, 2.24) is 10.6 Å². The number of nitrogens with one attached hydrogen (secondary N) is 3. The smallest absolute Gasteiger partial charge is 0.355 e. The number of hydrogen-bond acceptors (Lipinski definition) is 3. The number of halogens is 4. The molecule has 1 fully saturated rings. The summed E-state index contributed by atoms with van der Waals surface area (Å²) in [5.74, 6) is -0.280. The molecule has 6 nitrogen and oxygen atoms in total. The van der Waals surface area contributed by atoms with E-state index < -0.39 is 11.7 Å². The zero-order valence-electron chi connectivity index (χ0n) is 14.3. The molecule has 26 heavy (non-hydrogen) atoms. The maximum atomic E-state index is 12.7. The molecule has 1 aromatic heterocycles. The molecule has 1 saturated heterocycles. The van der Waals surface area contributed by atoms with Crippen molar-refractivity contribution in [3.05, 3.63) is 22.8 Å². The first-order chi connectivity index (χ1) is 12.2. The Morgan fingerprint density at radius 1 is 1.31 bits per heavy atom. The fourth-order valence-electron chi connectivity index (χ4n) is 2.80. The second kappa shape index (κ2) is 8.57. The van der Waals surface area contributed by atoms with Crippen LogP contribution in [0.15, 0.2) is 12.3 Å². The molecule has 144 valence electrons. The van der Waals surface area contributed by atoms with Crippen LogP contribution in [0, 0.1) is 5.92 Å². The Bertz CT molecular complexity index is 661. The van der Waals surface area contributed by atoms with Crippen LogP contribution in [0.25, 0.3) is 0 Å². The predicted molar refractivity (Wildman–Crippen MR) is 89.6 cm³/mol. The lowest BCUT2D eigenvalue weighted by Gasteiger charge is -2.27. The van der Waals surface area contributed by atoms with Gasteiger partial charge >= 0.3 is 6.18 Å². The van der Waals surface area contributed by atoms with Crippen molar-refractivity contribution in [2.24, 2.45) is 5.92 Å². The van der Waals surface area contributed by atoms with Gasteiger partial charge in [0.05, 0.1) is 25.2 Å². The number of amides is 2. The number of piperidine rings is 1. The maximum absolute atomic E-state index is 12.7. The largest absolute Gasteiger partial charge is 0.419 e. The van der Waals surface area contributed by atoms with Gasteiger partial charge in [0.15, 0.2) is 0 Å². The molecule has 2 heterocycles. The summed E-state index contributed by atoms with van der Waals surface area (Å²) < 4.78 is 38.1. The molecule has 1 aliphatic rings. The van der Waals surface area contributed by atoms with Crippen molar-refractivity contribution in [2.45, 2.75) is 25.9 Å². The Morgan fingerprint density at radius 2 is 1.96 bits per heavy atom. The van der Waals surface area contributed by atoms with E-state index in [4.69, 9.17) is 11.6 Å². The van der Waals surface area contributed by atoms with Gasteiger partial charge in [0.1, 0.15) is 11.2 Å². The fourth-order valence-corrected chi connectivity index (χ4v) is 3.10. The highest BCUT2D eigenvalue weighted by atomic mass is 35.5. The molecule has 0 unspecified atom stereocenters. The summed E-state index contributed by atoms with van der Waals surface area (Å²) in [6, 6.07) is 0.887. The molecule has 3 N–H and O–H groups in total. The molecular weight excluding hydrogens is 373 g/mol. The SMILES string of the molecule is CCNC(=O)CNC(=O)C1CCN(c2[nH+]cc(C(F)(F)F)cc2Cl)CC1. The van der Waals surface area contributed by atoms with Gasteiger partial charge in [-0.1, -0.05) is 11.6 Å². The number of carbonyl (C=O) groups excluding carboxylic acids is 2. The highest BCUT2D eigenvalue weighted by Crippen LogP contribution is 2.33. The molecule has 0 aliphatic carbocycles. The van der Waals surface area contributed by atoms with Gasteiger partial charge in [0, 0.05) is 12.5 Å². The fraction of sp³-hybridized carbons (Fsp3) is 0.562. The number of anilines is 1. The van der Waals surface area contributed by atoms with Crippen molar-refractivity contribution >= 4 is 29.2 Å². The molecule has 2 amide bonds. The molecule has 1 aromatic rings. The average molecular weight is 394 g/mol. The molecular formula is C16H21ClF3N4O2+. The number of aromatic nitrogens is 1. The van der Waals surface area contributed by atoms with Crippen molar-refractivity contribution in [2.75, 3.05) is 31.1 Å². The zero-order valence-corrected chi connectivity index (χ0v) is 15.0. The summed E-state index contributed by atoms with van der Waals surface area (Å²) in [5.41, 5.74) is -0.842. The number of pyridine rings is 1. The molecule has 1 aliphatic heterocycles. The van der Waals surface area contributed by atoms with Crippen molar-refractivity contribution in [3.63, 3.8) is 0 Å². The maximum Gasteiger partial charge on any atom is 0.419 e. The van der Waals surface area contributed by atoms with E-state index in [0.717, 1.165) is 12.3 Å². The first-order valence-corrected chi connectivity index (χ1v) is 8.68. The van der Waals surface area contributed by atoms with Crippen LogP contribution in [0.3, 0.4) is 0 Å². The number of nitrogens with zero attached hydrogens (tertiary/aromatic N) is 1. The minimum Gasteiger partial charge on any atom is -0.355 e. The van der Waals surface area contributed by atoms with E-state index in [2.05, 4.69) is 15.6 Å². The first kappa shape index (κ1) is 20.3. The Kier molecular flexibility index (Phi) is 6.69. The van der Waals surface area contributed by atoms with E-state index in [1.807, 2.05) is 4.90 Å². The predicted octanol–water partition coefficient (Wildman–Crippen LogP) is 1.64. The van der Waals surface area contributed by atoms with Gasteiger partial charge in [-0.25, -0.2) is 4.98 Å². The van der Waals surface area contributed by atoms with E-state index >= 15 is 0 Å². The second-order valence-electron chi connectivity index (χ2n) is 6.02. The van der Waals surface area contributed by atoms with Crippen LogP contribution in [0.2, 0.25) is 5.02 Å². The topological polar surface area (TPSA) is 75.6 Å². The number of aromatic amines is 1. The van der Waals surface area contributed by atoms with Gasteiger partial charge in [-0.2, -0.15) is 13.2 Å². The summed E-state index contributed by atoms with van der Waals surface area (Å²) in [6.07, 6.45) is -2.54. The van der Waals surface area contributed by atoms with E-state index in [0.29, 0.717) is 38.3 Å². The second-order valence-corrected chi connectivity index (χ2v) is 6.42. The van der Waals surface area contributed by atoms with Crippen LogP contribution in [0.4, 0.5) is 19.0 Å². The monoisotopic (exact) mass is 393 g/mol. The quantitative estimate of drug-likeness (QED) is 0.798. The van der Waals surface area contributed by atoms with Gasteiger partial charge in [-0.05, 0) is 25.8 Å². The minimum atomic E-state index is -4.46. The van der Waals surface area contributed by atoms with Crippen molar-refractivity contribution in [1.29, 1.82) is 0 Å². The summed E-state index contributed by atoms with van der Waals surface area (Å²) in [5, 5.41) is 5.18. The third kappa shape index (κ3) is 5.23. The zero-order chi connectivity index (χ0) is 19.3. The van der Waals surface area contributed by atoms with Crippen LogP contribution in [-0.4, -0.2) is 38.0 Å². The highest BCUT2D eigenvalue weighted by Gasteiger charge is 2.35. The number of likely N-dealkylation sites (N-methyl/N-ethyl adjacent to an activating group) is 1. The first-order valence-electron chi connectivity index (χ1n) is 8.30. The number of alkyl halides is 3. The average Bonchev–Trinajstić information content (AvgIpc) is 2.59. The minimum absolute atomic E-state index is 0.0148. The molecule has 10 heteroatoms. The van der Waals surface area contributed by atoms with Crippen LogP contribution < -0.4 is 20.5 Å². The van der Waals surface area contributed by atoms with Gasteiger partial charge in [-0.15, -0.1) is 0 Å². The molecule has 0 saturated carbocycles. The van der Waals surface area contributed by atoms with Crippen LogP contribution in [-0.2, 0) is 15.8 Å². The third-order valence-corrected chi connectivity index (χ3v) is 4.47. The molecule has 0 spiro atoms. The summed E-state index contributed by atoms with van der Waals surface area (Å²) >= 11 is 5.99. The number of carbonyl (C=O) groups is 2. The lowest BCUT2D eigenvalue weighted by Crippen LogP contribution is -2.44. The van der Waals surface area contributed by atoms with Crippen LogP contribution in [0.1, 0.15) is 25.3 Å². The molecule has 2 rings (SSSR count). The number of hydrogen-bond donors (Lipinski definition) is 2. The molecule has 0 radical (unpaired) electrons. The Hall–Kier alpha value is -2.03. The Labute approximate surface area is 154 Å². The highest BCUT2D eigenvalue weighted by molar-refractivity contribution is 6.32. The van der Waals surface area contributed by atoms with E-state index in [-0.39, 0.29) is 29.3 Å². The number of rotatable bonds is 5. The van der Waals surface area contributed by atoms with E-state index in [1.54, 1.807) is 6.92 Å². The summed E-state index contributed by atoms with van der Waals surface area (Å²) in [6.45, 7) is 3.17. The standard InChI is InChI=1S/C16H20ClF3N4O2/c1-2-21-13(25)9-23-15(26)10-3-5-24(6-4-10)14-12(17)7-11(8-22-14)16(18,19)20/h7-8,10H,2-6,9H2,1H3,(H,21,25)(H,23,26)/p+1. The molecule has 0 atom stereocenters. The normalized spacial score (nSPS) is 15.7. The van der Waals surface area contributed by atoms with Gasteiger partial charge in [0.25, 0.3) is 5.82 Å². The lowest BCUT2D eigenvalue weighted by atomic mass is 9.96. The van der Waals surface area contributed by atoms with Crippen molar-refractivity contribution < 1.29 is 27.7 Å². The number of H-pyrrole nitrogens is 1. The van der Waals surface area contributed by atoms with Crippen LogP contribution in [0.5, 0.6) is 0 Å². The lowest BCUT2D eigenvalue weighted by molar-refractivity contribution is -0.367. The third-order valence-electron chi connectivity index (χ3n) is 4.18. The van der Waals surface area contributed by atoms with E-state index in [1.165, 1.54) is 0 Å².